The van der Waals surface area contributed by atoms with Crippen molar-refractivity contribution in [2.45, 2.75) is 38.7 Å². The standard InChI is InChI=1S/C17H23N5O3S/c1-11-8-14(23)22-16(19-11)26-17(20-22)21-6-2-4-12(10-21)15(24)18-9-13-5-3-7-25-13/h8,12-13H,2-7,9-10H2,1H3,(H,18,24)/t12-,13-/m0/s1. The van der Waals surface area contributed by atoms with Gasteiger partial charge in [-0.2, -0.15) is 4.52 Å². The van der Waals surface area contributed by atoms with E-state index in [1.54, 1.807) is 6.92 Å². The van der Waals surface area contributed by atoms with Gasteiger partial charge in [-0.3, -0.25) is 9.59 Å². The molecule has 0 aliphatic carbocycles. The first kappa shape index (κ1) is 17.4. The molecule has 0 bridgehead atoms. The van der Waals surface area contributed by atoms with Crippen LogP contribution in [0.25, 0.3) is 4.96 Å². The van der Waals surface area contributed by atoms with Crippen LogP contribution in [-0.4, -0.2) is 52.9 Å². The van der Waals surface area contributed by atoms with Gasteiger partial charge in [-0.05, 0) is 32.6 Å². The van der Waals surface area contributed by atoms with Crippen molar-refractivity contribution in [2.24, 2.45) is 5.92 Å². The van der Waals surface area contributed by atoms with E-state index in [-0.39, 0.29) is 23.5 Å². The molecular weight excluding hydrogens is 354 g/mol. The van der Waals surface area contributed by atoms with Gasteiger partial charge < -0.3 is 15.0 Å². The SMILES string of the molecule is Cc1cc(=O)n2nc(N3CCC[C@H](C(=O)NC[C@@H]4CCCO4)C3)sc2n1. The second kappa shape index (κ2) is 7.32. The molecule has 1 N–H and O–H groups in total. The van der Waals surface area contributed by atoms with Crippen LogP contribution in [0, 0.1) is 12.8 Å². The number of anilines is 1. The maximum absolute atomic E-state index is 12.5. The molecule has 0 unspecified atom stereocenters. The van der Waals surface area contributed by atoms with Gasteiger partial charge in [0.25, 0.3) is 5.56 Å². The average molecular weight is 377 g/mol. The molecule has 4 heterocycles. The number of nitrogens with zero attached hydrogens (tertiary/aromatic N) is 4. The Kier molecular flexibility index (Phi) is 4.90. The number of rotatable bonds is 4. The second-order valence-corrected chi connectivity index (χ2v) is 7.91. The van der Waals surface area contributed by atoms with E-state index in [1.165, 1.54) is 21.9 Å². The third kappa shape index (κ3) is 3.59. The van der Waals surface area contributed by atoms with E-state index < -0.39 is 0 Å². The van der Waals surface area contributed by atoms with Crippen molar-refractivity contribution in [1.82, 2.24) is 19.9 Å². The summed E-state index contributed by atoms with van der Waals surface area (Å²) in [6.45, 7) is 4.64. The Morgan fingerprint density at radius 3 is 3.12 bits per heavy atom. The number of aromatic nitrogens is 3. The largest absolute Gasteiger partial charge is 0.376 e. The Morgan fingerprint density at radius 2 is 2.31 bits per heavy atom. The summed E-state index contributed by atoms with van der Waals surface area (Å²) in [5.41, 5.74) is 0.521. The van der Waals surface area contributed by atoms with Crippen LogP contribution in [0.5, 0.6) is 0 Å². The van der Waals surface area contributed by atoms with Gasteiger partial charge in [0, 0.05) is 38.0 Å². The van der Waals surface area contributed by atoms with Crippen molar-refractivity contribution in [3.05, 3.63) is 22.1 Å². The van der Waals surface area contributed by atoms with Crippen LogP contribution in [0.1, 0.15) is 31.4 Å². The molecule has 2 saturated heterocycles. The molecule has 2 aliphatic rings. The minimum Gasteiger partial charge on any atom is -0.376 e. The summed E-state index contributed by atoms with van der Waals surface area (Å²) in [5.74, 6) is 0.0148. The van der Waals surface area contributed by atoms with Crippen molar-refractivity contribution in [1.29, 1.82) is 0 Å². The van der Waals surface area contributed by atoms with Gasteiger partial charge >= 0.3 is 0 Å². The number of ether oxygens (including phenoxy) is 1. The van der Waals surface area contributed by atoms with Crippen LogP contribution >= 0.6 is 11.3 Å². The molecular formula is C17H23N5O3S. The molecule has 2 aromatic rings. The normalized spacial score (nSPS) is 23.5. The lowest BCUT2D eigenvalue weighted by Crippen LogP contribution is -2.44. The molecule has 4 rings (SSSR count). The average Bonchev–Trinajstić information content (AvgIpc) is 3.29. The highest BCUT2D eigenvalue weighted by Gasteiger charge is 2.28. The number of aryl methyl sites for hydroxylation is 1. The van der Waals surface area contributed by atoms with E-state index >= 15 is 0 Å². The van der Waals surface area contributed by atoms with Gasteiger partial charge in [0.1, 0.15) is 0 Å². The first-order valence-corrected chi connectivity index (χ1v) is 9.93. The number of carbonyl (C=O) groups is 1. The molecule has 2 atom stereocenters. The van der Waals surface area contributed by atoms with Crippen LogP contribution in [0.2, 0.25) is 0 Å². The lowest BCUT2D eigenvalue weighted by Gasteiger charge is -2.31. The summed E-state index contributed by atoms with van der Waals surface area (Å²) in [6.07, 6.45) is 4.04. The molecule has 0 saturated carbocycles. The zero-order valence-electron chi connectivity index (χ0n) is 14.8. The smallest absolute Gasteiger partial charge is 0.275 e. The zero-order valence-corrected chi connectivity index (χ0v) is 15.6. The van der Waals surface area contributed by atoms with Crippen molar-refractivity contribution >= 4 is 27.3 Å². The van der Waals surface area contributed by atoms with Gasteiger partial charge in [0.05, 0.1) is 12.0 Å². The maximum Gasteiger partial charge on any atom is 0.275 e. The molecule has 1 amide bonds. The van der Waals surface area contributed by atoms with Crippen LogP contribution in [0.15, 0.2) is 10.9 Å². The Bertz CT molecular complexity index is 858. The maximum atomic E-state index is 12.5. The Hall–Kier alpha value is -2.00. The first-order valence-electron chi connectivity index (χ1n) is 9.12. The fourth-order valence-electron chi connectivity index (χ4n) is 3.57. The van der Waals surface area contributed by atoms with Gasteiger partial charge in [-0.25, -0.2) is 4.98 Å². The second-order valence-electron chi connectivity index (χ2n) is 6.98. The van der Waals surface area contributed by atoms with E-state index in [2.05, 4.69) is 20.3 Å². The lowest BCUT2D eigenvalue weighted by atomic mass is 9.97. The molecule has 2 aliphatic heterocycles. The summed E-state index contributed by atoms with van der Waals surface area (Å²) < 4.78 is 6.90. The molecule has 2 aromatic heterocycles. The summed E-state index contributed by atoms with van der Waals surface area (Å²) in [7, 11) is 0. The monoisotopic (exact) mass is 377 g/mol. The highest BCUT2D eigenvalue weighted by atomic mass is 32.1. The van der Waals surface area contributed by atoms with Gasteiger partial charge in [0.15, 0.2) is 0 Å². The van der Waals surface area contributed by atoms with Crippen molar-refractivity contribution < 1.29 is 9.53 Å². The number of nitrogens with one attached hydrogen (secondary N) is 1. The quantitative estimate of drug-likeness (QED) is 0.854. The minimum atomic E-state index is -0.169. The number of amides is 1. The topological polar surface area (TPSA) is 88.8 Å². The van der Waals surface area contributed by atoms with Crippen LogP contribution in [0.4, 0.5) is 5.13 Å². The fraction of sp³-hybridized carbons (Fsp3) is 0.647. The third-order valence-corrected chi connectivity index (χ3v) is 5.92. The molecule has 26 heavy (non-hydrogen) atoms. The number of hydrogen-bond acceptors (Lipinski definition) is 7. The molecule has 0 aromatic carbocycles. The van der Waals surface area contributed by atoms with Crippen LogP contribution in [0.3, 0.4) is 0 Å². The summed E-state index contributed by atoms with van der Waals surface area (Å²) in [5, 5.41) is 8.20. The van der Waals surface area contributed by atoms with Crippen molar-refractivity contribution in [2.75, 3.05) is 31.1 Å². The van der Waals surface area contributed by atoms with Gasteiger partial charge in [-0.1, -0.05) is 11.3 Å². The summed E-state index contributed by atoms with van der Waals surface area (Å²) in [6, 6.07) is 1.48. The number of piperidine rings is 1. The number of hydrogen-bond donors (Lipinski definition) is 1. The predicted octanol–water partition coefficient (Wildman–Crippen LogP) is 0.971. The zero-order chi connectivity index (χ0) is 18.1. The molecule has 9 heteroatoms. The van der Waals surface area contributed by atoms with E-state index in [0.29, 0.717) is 23.7 Å². The number of fused-ring (bicyclic) bond motifs is 1. The van der Waals surface area contributed by atoms with E-state index in [0.717, 1.165) is 44.0 Å². The van der Waals surface area contributed by atoms with Crippen molar-refractivity contribution in [3.8, 4) is 0 Å². The summed E-state index contributed by atoms with van der Waals surface area (Å²) in [4.78, 5) is 31.6. The predicted molar refractivity (Wildman–Crippen MR) is 98.8 cm³/mol. The summed E-state index contributed by atoms with van der Waals surface area (Å²) >= 11 is 1.39. The van der Waals surface area contributed by atoms with E-state index in [1.807, 2.05) is 0 Å². The Balaban J connectivity index is 1.43. The van der Waals surface area contributed by atoms with Crippen LogP contribution in [-0.2, 0) is 9.53 Å². The third-order valence-electron chi connectivity index (χ3n) is 4.95. The molecule has 140 valence electrons. The van der Waals surface area contributed by atoms with E-state index in [4.69, 9.17) is 4.74 Å². The van der Waals surface area contributed by atoms with Gasteiger partial charge in [0.2, 0.25) is 16.0 Å². The van der Waals surface area contributed by atoms with Gasteiger partial charge in [-0.15, -0.1) is 5.10 Å². The lowest BCUT2D eigenvalue weighted by molar-refractivity contribution is -0.125. The molecule has 0 radical (unpaired) electrons. The Labute approximate surface area is 155 Å². The molecule has 2 fully saturated rings. The Morgan fingerprint density at radius 1 is 1.42 bits per heavy atom. The fourth-order valence-corrected chi connectivity index (χ4v) is 4.55. The highest BCUT2D eigenvalue weighted by molar-refractivity contribution is 7.20. The molecule has 8 nitrogen and oxygen atoms in total. The van der Waals surface area contributed by atoms with Crippen LogP contribution < -0.4 is 15.8 Å². The minimum absolute atomic E-state index is 0.0661. The highest BCUT2D eigenvalue weighted by Crippen LogP contribution is 2.27. The van der Waals surface area contributed by atoms with E-state index in [9.17, 15) is 9.59 Å². The first-order chi connectivity index (χ1) is 12.6. The van der Waals surface area contributed by atoms with Crippen molar-refractivity contribution in [3.63, 3.8) is 0 Å². The molecule has 0 spiro atoms. The number of carbonyl (C=O) groups excluding carboxylic acids is 1.